The van der Waals surface area contributed by atoms with Crippen molar-refractivity contribution in [2.75, 3.05) is 6.54 Å². The largest absolute Gasteiger partial charge is 0.350 e. The predicted molar refractivity (Wildman–Crippen MR) is 96.9 cm³/mol. The molecule has 0 aromatic heterocycles. The summed E-state index contributed by atoms with van der Waals surface area (Å²) in [6.45, 7) is 1.62. The molecule has 27 heavy (non-hydrogen) atoms. The van der Waals surface area contributed by atoms with Crippen LogP contribution in [0.5, 0.6) is 0 Å². The van der Waals surface area contributed by atoms with Crippen LogP contribution in [0.3, 0.4) is 0 Å². The number of nitrogens with one attached hydrogen (secondary N) is 2. The van der Waals surface area contributed by atoms with Crippen LogP contribution < -0.4 is 10.6 Å². The van der Waals surface area contributed by atoms with Gasteiger partial charge < -0.3 is 10.6 Å². The predicted octanol–water partition coefficient (Wildman–Crippen LogP) is 2.30. The highest BCUT2D eigenvalue weighted by molar-refractivity contribution is 6.09. The Kier molecular flexibility index (Phi) is 5.21. The second kappa shape index (κ2) is 7.57. The van der Waals surface area contributed by atoms with Crippen molar-refractivity contribution in [3.63, 3.8) is 0 Å². The fraction of sp³-hybridized carbons (Fsp3) is 0.250. The minimum absolute atomic E-state index is 0.181. The van der Waals surface area contributed by atoms with Crippen molar-refractivity contribution < 1.29 is 18.8 Å². The molecule has 0 unspecified atom stereocenters. The van der Waals surface area contributed by atoms with Crippen LogP contribution in [-0.2, 0) is 21.7 Å². The fourth-order valence-corrected chi connectivity index (χ4v) is 3.13. The van der Waals surface area contributed by atoms with E-state index in [9.17, 15) is 18.8 Å². The Labute approximate surface area is 156 Å². The molecule has 2 N–H and O–H groups in total. The number of imide groups is 1. The summed E-state index contributed by atoms with van der Waals surface area (Å²) in [5.41, 5.74) is 0.240. The first-order chi connectivity index (χ1) is 13.0. The van der Waals surface area contributed by atoms with Gasteiger partial charge in [-0.3, -0.25) is 14.5 Å². The van der Waals surface area contributed by atoms with Crippen LogP contribution in [-0.4, -0.2) is 29.3 Å². The molecule has 1 heterocycles. The highest BCUT2D eigenvalue weighted by Gasteiger charge is 2.51. The Morgan fingerprint density at radius 2 is 1.78 bits per heavy atom. The minimum atomic E-state index is -1.16. The van der Waals surface area contributed by atoms with Crippen molar-refractivity contribution in [3.05, 3.63) is 71.5 Å². The molecule has 2 aromatic rings. The molecule has 0 bridgehead atoms. The number of urea groups is 1. The summed E-state index contributed by atoms with van der Waals surface area (Å²) in [6.07, 6.45) is 0.370. The van der Waals surface area contributed by atoms with E-state index < -0.39 is 23.4 Å². The second-order valence-electron chi connectivity index (χ2n) is 6.35. The van der Waals surface area contributed by atoms with E-state index in [0.717, 1.165) is 4.90 Å². The van der Waals surface area contributed by atoms with Crippen LogP contribution in [0.4, 0.5) is 9.18 Å². The van der Waals surface area contributed by atoms with Gasteiger partial charge in [0, 0.05) is 6.54 Å². The summed E-state index contributed by atoms with van der Waals surface area (Å²) in [6, 6.07) is 14.1. The normalized spacial score (nSPS) is 19.1. The lowest BCUT2D eigenvalue weighted by Crippen LogP contribution is -2.44. The zero-order valence-electron chi connectivity index (χ0n) is 14.9. The zero-order valence-corrected chi connectivity index (χ0v) is 14.9. The third-order valence-electron chi connectivity index (χ3n) is 4.68. The highest BCUT2D eigenvalue weighted by atomic mass is 19.1. The smallest absolute Gasteiger partial charge is 0.325 e. The fourth-order valence-electron chi connectivity index (χ4n) is 3.13. The van der Waals surface area contributed by atoms with Gasteiger partial charge in [-0.05, 0) is 29.7 Å². The monoisotopic (exact) mass is 369 g/mol. The summed E-state index contributed by atoms with van der Waals surface area (Å²) >= 11 is 0. The van der Waals surface area contributed by atoms with Gasteiger partial charge in [-0.1, -0.05) is 49.4 Å². The van der Waals surface area contributed by atoms with E-state index in [0.29, 0.717) is 17.5 Å². The SMILES string of the molecule is CC[C@]1(c2ccccc2)NC(=O)N(CC(=O)NCc2ccc(F)cc2)C1=O. The van der Waals surface area contributed by atoms with Gasteiger partial charge in [0.15, 0.2) is 0 Å². The number of rotatable bonds is 6. The van der Waals surface area contributed by atoms with Gasteiger partial charge in [0.2, 0.25) is 5.91 Å². The molecule has 140 valence electrons. The molecular weight excluding hydrogens is 349 g/mol. The van der Waals surface area contributed by atoms with Crippen LogP contribution >= 0.6 is 0 Å². The quantitative estimate of drug-likeness (QED) is 0.767. The molecule has 1 aliphatic heterocycles. The highest BCUT2D eigenvalue weighted by Crippen LogP contribution is 2.32. The van der Waals surface area contributed by atoms with E-state index >= 15 is 0 Å². The standard InChI is InChI=1S/C20H20FN3O3/c1-2-20(15-6-4-3-5-7-15)18(26)24(19(27)23-20)13-17(25)22-12-14-8-10-16(21)11-9-14/h3-11H,2,12-13H2,1H3,(H,22,25)(H,23,27)/t20-/m1/s1. The van der Waals surface area contributed by atoms with E-state index in [1.165, 1.54) is 12.1 Å². The first-order valence-corrected chi connectivity index (χ1v) is 8.67. The number of halogens is 1. The Morgan fingerprint density at radius 3 is 2.41 bits per heavy atom. The molecule has 0 spiro atoms. The van der Waals surface area contributed by atoms with Crippen LogP contribution in [0, 0.1) is 5.82 Å². The Hall–Kier alpha value is -3.22. The molecule has 1 aliphatic rings. The van der Waals surface area contributed by atoms with Gasteiger partial charge in [-0.2, -0.15) is 0 Å². The number of benzene rings is 2. The van der Waals surface area contributed by atoms with Gasteiger partial charge >= 0.3 is 6.03 Å². The van der Waals surface area contributed by atoms with Crippen LogP contribution in [0.15, 0.2) is 54.6 Å². The van der Waals surface area contributed by atoms with E-state index in [-0.39, 0.29) is 18.9 Å². The number of nitrogens with zero attached hydrogens (tertiary/aromatic N) is 1. The topological polar surface area (TPSA) is 78.5 Å². The lowest BCUT2D eigenvalue weighted by Gasteiger charge is -2.25. The third kappa shape index (κ3) is 3.67. The molecule has 0 saturated carbocycles. The molecule has 4 amide bonds. The van der Waals surface area contributed by atoms with E-state index in [1.54, 1.807) is 36.4 Å². The van der Waals surface area contributed by atoms with Crippen molar-refractivity contribution in [2.45, 2.75) is 25.4 Å². The molecule has 1 fully saturated rings. The number of hydrogen-bond acceptors (Lipinski definition) is 3. The average molecular weight is 369 g/mol. The van der Waals surface area contributed by atoms with Crippen LogP contribution in [0.2, 0.25) is 0 Å². The Balaban J connectivity index is 1.68. The maximum Gasteiger partial charge on any atom is 0.325 e. The summed E-state index contributed by atoms with van der Waals surface area (Å²) < 4.78 is 12.9. The molecule has 1 saturated heterocycles. The molecule has 6 nitrogen and oxygen atoms in total. The maximum atomic E-state index is 12.9. The Morgan fingerprint density at radius 1 is 1.11 bits per heavy atom. The summed E-state index contributed by atoms with van der Waals surface area (Å²) in [7, 11) is 0. The summed E-state index contributed by atoms with van der Waals surface area (Å²) in [4.78, 5) is 38.4. The average Bonchev–Trinajstić information content (AvgIpc) is 2.93. The summed E-state index contributed by atoms with van der Waals surface area (Å²) in [5.74, 6) is -1.28. The molecule has 3 rings (SSSR count). The zero-order chi connectivity index (χ0) is 19.4. The molecule has 7 heteroatoms. The van der Waals surface area contributed by atoms with E-state index in [1.807, 2.05) is 13.0 Å². The molecule has 0 radical (unpaired) electrons. The second-order valence-corrected chi connectivity index (χ2v) is 6.35. The van der Waals surface area contributed by atoms with Gasteiger partial charge in [0.25, 0.3) is 5.91 Å². The maximum absolute atomic E-state index is 12.9. The lowest BCUT2D eigenvalue weighted by atomic mass is 9.87. The molecule has 2 aromatic carbocycles. The van der Waals surface area contributed by atoms with Crippen molar-refractivity contribution in [1.82, 2.24) is 15.5 Å². The lowest BCUT2D eigenvalue weighted by molar-refractivity contribution is -0.135. The summed E-state index contributed by atoms with van der Waals surface area (Å²) in [5, 5.41) is 5.37. The van der Waals surface area contributed by atoms with Gasteiger partial charge in [0.05, 0.1) is 0 Å². The molecule has 0 aliphatic carbocycles. The van der Waals surface area contributed by atoms with Crippen LogP contribution in [0.25, 0.3) is 0 Å². The van der Waals surface area contributed by atoms with Crippen LogP contribution in [0.1, 0.15) is 24.5 Å². The Bertz CT molecular complexity index is 855. The number of hydrogen-bond donors (Lipinski definition) is 2. The third-order valence-corrected chi connectivity index (χ3v) is 4.68. The van der Waals surface area contributed by atoms with Gasteiger partial charge in [-0.25, -0.2) is 9.18 Å². The van der Waals surface area contributed by atoms with Crippen molar-refractivity contribution in [2.24, 2.45) is 0 Å². The molecule has 1 atom stereocenters. The van der Waals surface area contributed by atoms with Gasteiger partial charge in [0.1, 0.15) is 17.9 Å². The van der Waals surface area contributed by atoms with Crippen molar-refractivity contribution in [1.29, 1.82) is 0 Å². The minimum Gasteiger partial charge on any atom is -0.350 e. The van der Waals surface area contributed by atoms with Gasteiger partial charge in [-0.15, -0.1) is 0 Å². The number of amides is 4. The first-order valence-electron chi connectivity index (χ1n) is 8.67. The van der Waals surface area contributed by atoms with Crippen molar-refractivity contribution in [3.8, 4) is 0 Å². The number of carbonyl (C=O) groups excluding carboxylic acids is 3. The van der Waals surface area contributed by atoms with Crippen molar-refractivity contribution >= 4 is 17.8 Å². The van der Waals surface area contributed by atoms with E-state index in [4.69, 9.17) is 0 Å². The van der Waals surface area contributed by atoms with E-state index in [2.05, 4.69) is 10.6 Å². The number of carbonyl (C=O) groups is 3. The first kappa shape index (κ1) is 18.6. The molecular formula is C20H20FN3O3.